The van der Waals surface area contributed by atoms with Crippen LogP contribution in [0.3, 0.4) is 0 Å². The molecule has 26 heavy (non-hydrogen) atoms. The molecule has 0 saturated heterocycles. The van der Waals surface area contributed by atoms with Gasteiger partial charge in [0.2, 0.25) is 12.9 Å². The fourth-order valence-electron chi connectivity index (χ4n) is 3.00. The fraction of sp³-hybridized carbons (Fsp3) is 0.300. The zero-order chi connectivity index (χ0) is 17.8. The highest BCUT2D eigenvalue weighted by Crippen LogP contribution is 2.32. The van der Waals surface area contributed by atoms with Crippen molar-refractivity contribution in [1.82, 2.24) is 5.32 Å². The number of nitrogens with zero attached hydrogens (tertiary/aromatic N) is 1. The minimum Gasteiger partial charge on any atom is -0.454 e. The zero-order valence-electron chi connectivity index (χ0n) is 14.3. The highest BCUT2D eigenvalue weighted by Gasteiger charge is 2.27. The summed E-state index contributed by atoms with van der Waals surface area (Å²) in [7, 11) is 0. The molecule has 134 valence electrons. The summed E-state index contributed by atoms with van der Waals surface area (Å²) >= 11 is 0. The molecule has 0 bridgehead atoms. The van der Waals surface area contributed by atoms with E-state index < -0.39 is 6.10 Å². The molecule has 6 heteroatoms. The lowest BCUT2D eigenvalue weighted by molar-refractivity contribution is -0.131. The van der Waals surface area contributed by atoms with E-state index in [0.29, 0.717) is 18.7 Å². The van der Waals surface area contributed by atoms with Gasteiger partial charge in [0.05, 0.1) is 5.71 Å². The van der Waals surface area contributed by atoms with Gasteiger partial charge in [-0.1, -0.05) is 41.6 Å². The predicted octanol–water partition coefficient (Wildman–Crippen LogP) is 2.81. The second kappa shape index (κ2) is 7.47. The Labute approximate surface area is 151 Å². The normalized spacial score (nSPS) is 17.5. The van der Waals surface area contributed by atoms with Gasteiger partial charge >= 0.3 is 0 Å². The Bertz CT molecular complexity index is 820. The summed E-state index contributed by atoms with van der Waals surface area (Å²) in [5.74, 6) is 1.29. The molecule has 0 aromatic heterocycles. The number of hydrogen-bond donors (Lipinski definition) is 1. The van der Waals surface area contributed by atoms with E-state index >= 15 is 0 Å². The maximum absolute atomic E-state index is 12.3. The number of nitrogens with one attached hydrogen (secondary N) is 1. The second-order valence-electron chi connectivity index (χ2n) is 6.35. The van der Waals surface area contributed by atoms with Crippen LogP contribution in [0.15, 0.2) is 53.7 Å². The highest BCUT2D eigenvalue weighted by molar-refractivity contribution is 5.92. The molecule has 0 saturated carbocycles. The van der Waals surface area contributed by atoms with Crippen LogP contribution in [0.1, 0.15) is 24.0 Å². The Morgan fingerprint density at radius 2 is 1.88 bits per heavy atom. The molecule has 4 rings (SSSR count). The molecule has 2 aromatic rings. The van der Waals surface area contributed by atoms with Crippen LogP contribution in [0.25, 0.3) is 0 Å². The number of ether oxygens (including phenoxy) is 2. The van der Waals surface area contributed by atoms with Crippen molar-refractivity contribution < 1.29 is 19.1 Å². The minimum absolute atomic E-state index is 0.152. The van der Waals surface area contributed by atoms with E-state index in [1.54, 1.807) is 0 Å². The number of aryl methyl sites for hydroxylation is 1. The average Bonchev–Trinajstić information content (AvgIpc) is 3.34. The minimum atomic E-state index is -0.546. The van der Waals surface area contributed by atoms with Gasteiger partial charge in [-0.05, 0) is 36.1 Å². The first-order chi connectivity index (χ1) is 12.8. The lowest BCUT2D eigenvalue weighted by Crippen LogP contribution is -2.34. The lowest BCUT2D eigenvalue weighted by Gasteiger charge is -2.10. The van der Waals surface area contributed by atoms with E-state index in [0.717, 1.165) is 29.9 Å². The van der Waals surface area contributed by atoms with Crippen LogP contribution in [0.5, 0.6) is 11.5 Å². The van der Waals surface area contributed by atoms with Crippen LogP contribution in [-0.2, 0) is 22.6 Å². The van der Waals surface area contributed by atoms with Crippen LogP contribution >= 0.6 is 0 Å². The van der Waals surface area contributed by atoms with Gasteiger partial charge in [-0.25, -0.2) is 0 Å². The molecular formula is C20H20N2O4. The lowest BCUT2D eigenvalue weighted by atomic mass is 10.0. The molecule has 6 nitrogen and oxygen atoms in total. The highest BCUT2D eigenvalue weighted by atomic mass is 16.7. The number of hydrogen-bond acceptors (Lipinski definition) is 5. The van der Waals surface area contributed by atoms with E-state index in [4.69, 9.17) is 14.3 Å². The molecule has 2 aromatic carbocycles. The van der Waals surface area contributed by atoms with E-state index in [9.17, 15) is 4.79 Å². The molecule has 0 radical (unpaired) electrons. The summed E-state index contributed by atoms with van der Waals surface area (Å²) < 4.78 is 10.6. The van der Waals surface area contributed by atoms with Crippen molar-refractivity contribution in [3.63, 3.8) is 0 Å². The number of carbonyl (C=O) groups is 1. The third kappa shape index (κ3) is 3.79. The fourth-order valence-corrected chi connectivity index (χ4v) is 3.00. The van der Waals surface area contributed by atoms with Crippen molar-refractivity contribution in [2.75, 3.05) is 6.79 Å². The van der Waals surface area contributed by atoms with Crippen molar-refractivity contribution in [1.29, 1.82) is 0 Å². The van der Waals surface area contributed by atoms with E-state index in [-0.39, 0.29) is 12.7 Å². The molecule has 1 atom stereocenters. The first kappa shape index (κ1) is 16.4. The number of rotatable bonds is 6. The van der Waals surface area contributed by atoms with Gasteiger partial charge in [-0.15, -0.1) is 0 Å². The molecule has 1 amide bonds. The molecule has 0 fully saturated rings. The van der Waals surface area contributed by atoms with Crippen LogP contribution in [0, 0.1) is 0 Å². The van der Waals surface area contributed by atoms with Crippen molar-refractivity contribution in [3.05, 3.63) is 59.7 Å². The smallest absolute Gasteiger partial charge is 0.264 e. The number of fused-ring (bicyclic) bond motifs is 1. The number of carbonyl (C=O) groups excluding carboxylic acids is 1. The summed E-state index contributed by atoms with van der Waals surface area (Å²) in [4.78, 5) is 17.6. The topological polar surface area (TPSA) is 69.2 Å². The van der Waals surface area contributed by atoms with Crippen LogP contribution < -0.4 is 14.8 Å². The van der Waals surface area contributed by atoms with E-state index in [1.165, 1.54) is 5.56 Å². The maximum atomic E-state index is 12.3. The number of benzene rings is 2. The quantitative estimate of drug-likeness (QED) is 0.868. The monoisotopic (exact) mass is 352 g/mol. The summed E-state index contributed by atoms with van der Waals surface area (Å²) in [5, 5.41) is 6.97. The zero-order valence-corrected chi connectivity index (χ0v) is 14.3. The Balaban J connectivity index is 1.23. The van der Waals surface area contributed by atoms with Crippen molar-refractivity contribution in [2.24, 2.45) is 5.16 Å². The molecule has 0 aliphatic carbocycles. The Morgan fingerprint density at radius 1 is 1.04 bits per heavy atom. The van der Waals surface area contributed by atoms with Gasteiger partial charge in [-0.3, -0.25) is 4.79 Å². The maximum Gasteiger partial charge on any atom is 0.264 e. The standard InChI is InChI=1S/C20H20N2O4/c23-20(21-12-15-7-9-17-18(10-15)25-13-24-17)19-11-16(22-26-19)8-6-14-4-2-1-3-5-14/h1-5,7,9-10,19H,6,8,11-13H2,(H,21,23). The molecular weight excluding hydrogens is 332 g/mol. The van der Waals surface area contributed by atoms with Crippen LogP contribution in [-0.4, -0.2) is 24.5 Å². The predicted molar refractivity (Wildman–Crippen MR) is 96.1 cm³/mol. The molecule has 2 aliphatic heterocycles. The van der Waals surface area contributed by atoms with Gasteiger partial charge in [0.25, 0.3) is 5.91 Å². The summed E-state index contributed by atoms with van der Waals surface area (Å²) in [6, 6.07) is 15.9. The Hall–Kier alpha value is -3.02. The molecule has 2 aliphatic rings. The average molecular weight is 352 g/mol. The van der Waals surface area contributed by atoms with E-state index in [1.807, 2.05) is 36.4 Å². The first-order valence-corrected chi connectivity index (χ1v) is 8.70. The number of amides is 1. The van der Waals surface area contributed by atoms with E-state index in [2.05, 4.69) is 22.6 Å². The largest absolute Gasteiger partial charge is 0.454 e. The van der Waals surface area contributed by atoms with Gasteiger partial charge < -0.3 is 19.6 Å². The summed E-state index contributed by atoms with van der Waals surface area (Å²) in [5.41, 5.74) is 3.13. The molecule has 2 heterocycles. The Morgan fingerprint density at radius 3 is 2.77 bits per heavy atom. The molecule has 1 N–H and O–H groups in total. The molecule has 0 spiro atoms. The van der Waals surface area contributed by atoms with Crippen LogP contribution in [0.4, 0.5) is 0 Å². The Kier molecular flexibility index (Phi) is 4.73. The van der Waals surface area contributed by atoms with Crippen LogP contribution in [0.2, 0.25) is 0 Å². The van der Waals surface area contributed by atoms with Gasteiger partial charge in [-0.2, -0.15) is 0 Å². The molecule has 1 unspecified atom stereocenters. The third-order valence-corrected chi connectivity index (χ3v) is 4.47. The van der Waals surface area contributed by atoms with Gasteiger partial charge in [0.15, 0.2) is 11.5 Å². The van der Waals surface area contributed by atoms with Crippen molar-refractivity contribution >= 4 is 11.6 Å². The van der Waals surface area contributed by atoms with Gasteiger partial charge in [0, 0.05) is 13.0 Å². The first-order valence-electron chi connectivity index (χ1n) is 8.70. The van der Waals surface area contributed by atoms with Crippen molar-refractivity contribution in [3.8, 4) is 11.5 Å². The van der Waals surface area contributed by atoms with Gasteiger partial charge in [0.1, 0.15) is 0 Å². The summed E-state index contributed by atoms with van der Waals surface area (Å²) in [6.45, 7) is 0.652. The summed E-state index contributed by atoms with van der Waals surface area (Å²) in [6.07, 6.45) is 1.69. The third-order valence-electron chi connectivity index (χ3n) is 4.47. The SMILES string of the molecule is O=C(NCc1ccc2c(c1)OCO2)C1CC(CCc2ccccc2)=NO1. The second-order valence-corrected chi connectivity index (χ2v) is 6.35. The number of oxime groups is 1. The van der Waals surface area contributed by atoms with Crippen molar-refractivity contribution in [2.45, 2.75) is 31.9 Å².